The molecule has 0 aromatic heterocycles. The van der Waals surface area contributed by atoms with Crippen molar-refractivity contribution in [2.75, 3.05) is 5.32 Å². The molecule has 21 heavy (non-hydrogen) atoms. The molecule has 0 heterocycles. The number of nitrogens with one attached hydrogen (secondary N) is 1. The lowest BCUT2D eigenvalue weighted by atomic mass is 9.96. The maximum absolute atomic E-state index is 12.7. The molecule has 0 aliphatic heterocycles. The second-order valence-electron chi connectivity index (χ2n) is 5.56. The van der Waals surface area contributed by atoms with Crippen molar-refractivity contribution in [3.8, 4) is 6.07 Å². The second-order valence-corrected chi connectivity index (χ2v) is 5.56. The number of benzene rings is 1. The van der Waals surface area contributed by atoms with Crippen LogP contribution in [0, 0.1) is 11.3 Å². The number of anilines is 1. The van der Waals surface area contributed by atoms with Gasteiger partial charge in [-0.05, 0) is 31.0 Å². The largest absolute Gasteiger partial charge is 0.416 e. The van der Waals surface area contributed by atoms with Gasteiger partial charge in [0.25, 0.3) is 0 Å². The van der Waals surface area contributed by atoms with Gasteiger partial charge in [0.1, 0.15) is 6.07 Å². The van der Waals surface area contributed by atoms with Crippen LogP contribution in [0.3, 0.4) is 0 Å². The van der Waals surface area contributed by atoms with Gasteiger partial charge in [-0.25, -0.2) is 0 Å². The molecule has 1 aliphatic carbocycles. The van der Waals surface area contributed by atoms with Gasteiger partial charge < -0.3 is 5.32 Å². The molecule has 0 unspecified atom stereocenters. The first kappa shape index (κ1) is 15.7. The second kappa shape index (κ2) is 6.84. The van der Waals surface area contributed by atoms with Crippen molar-refractivity contribution in [1.82, 2.24) is 0 Å². The molecule has 1 aromatic carbocycles. The molecule has 2 rings (SSSR count). The van der Waals surface area contributed by atoms with Gasteiger partial charge in [0, 0.05) is 6.04 Å². The molecule has 1 N–H and O–H groups in total. The molecule has 114 valence electrons. The Morgan fingerprint density at radius 3 is 2.24 bits per heavy atom. The third kappa shape index (κ3) is 4.38. The SMILES string of the molecule is N#Cc1cc(C(F)(F)F)ccc1NC1CCCCCCC1. The van der Waals surface area contributed by atoms with Crippen molar-refractivity contribution in [1.29, 1.82) is 5.26 Å². The summed E-state index contributed by atoms with van der Waals surface area (Å²) >= 11 is 0. The van der Waals surface area contributed by atoms with Crippen molar-refractivity contribution in [2.24, 2.45) is 0 Å². The first-order valence-corrected chi connectivity index (χ1v) is 7.38. The van der Waals surface area contributed by atoms with E-state index < -0.39 is 11.7 Å². The molecule has 0 bridgehead atoms. The highest BCUT2D eigenvalue weighted by Crippen LogP contribution is 2.32. The summed E-state index contributed by atoms with van der Waals surface area (Å²) in [5.41, 5.74) is -0.203. The molecule has 1 aromatic rings. The van der Waals surface area contributed by atoms with E-state index in [4.69, 9.17) is 5.26 Å². The van der Waals surface area contributed by atoms with Crippen LogP contribution in [0.4, 0.5) is 18.9 Å². The molecule has 0 amide bonds. The van der Waals surface area contributed by atoms with Gasteiger partial charge in [-0.1, -0.05) is 32.1 Å². The molecule has 5 heteroatoms. The zero-order valence-corrected chi connectivity index (χ0v) is 11.8. The molecule has 1 aliphatic rings. The summed E-state index contributed by atoms with van der Waals surface area (Å²) in [6.45, 7) is 0. The summed E-state index contributed by atoms with van der Waals surface area (Å²) in [5.74, 6) is 0. The molecule has 1 saturated carbocycles. The number of halogens is 3. The minimum atomic E-state index is -4.41. The average Bonchev–Trinajstić information content (AvgIpc) is 2.40. The van der Waals surface area contributed by atoms with Crippen LogP contribution in [-0.4, -0.2) is 6.04 Å². The molecule has 1 fully saturated rings. The standard InChI is InChI=1S/C16H19F3N2/c17-16(18,19)13-8-9-15(12(10-13)11-20)21-14-6-4-2-1-3-5-7-14/h8-10,14,21H,1-7H2. The number of rotatable bonds is 2. The Balaban J connectivity index is 2.14. The normalized spacial score (nSPS) is 17.6. The number of nitrogens with zero attached hydrogens (tertiary/aromatic N) is 1. The fourth-order valence-corrected chi connectivity index (χ4v) is 2.76. The Morgan fingerprint density at radius 1 is 1.05 bits per heavy atom. The summed E-state index contributed by atoms with van der Waals surface area (Å²) in [4.78, 5) is 0. The maximum atomic E-state index is 12.7. The number of nitriles is 1. The lowest BCUT2D eigenvalue weighted by Gasteiger charge is -2.23. The third-order valence-corrected chi connectivity index (χ3v) is 3.93. The van der Waals surface area contributed by atoms with E-state index in [1.54, 1.807) is 0 Å². The van der Waals surface area contributed by atoms with E-state index in [0.717, 1.165) is 37.8 Å². The molecule has 0 spiro atoms. The Labute approximate surface area is 123 Å². The Bertz CT molecular complexity index is 509. The van der Waals surface area contributed by atoms with Gasteiger partial charge in [-0.15, -0.1) is 0 Å². The fraction of sp³-hybridized carbons (Fsp3) is 0.562. The zero-order valence-electron chi connectivity index (χ0n) is 11.8. The lowest BCUT2D eigenvalue weighted by molar-refractivity contribution is -0.137. The summed E-state index contributed by atoms with van der Waals surface area (Å²) in [7, 11) is 0. The minimum absolute atomic E-state index is 0.0619. The van der Waals surface area contributed by atoms with Crippen molar-refractivity contribution < 1.29 is 13.2 Å². The number of alkyl halides is 3. The van der Waals surface area contributed by atoms with Crippen molar-refractivity contribution in [2.45, 2.75) is 57.2 Å². The van der Waals surface area contributed by atoms with Gasteiger partial charge in [0.2, 0.25) is 0 Å². The fourth-order valence-electron chi connectivity index (χ4n) is 2.76. The smallest absolute Gasteiger partial charge is 0.381 e. The third-order valence-electron chi connectivity index (χ3n) is 3.93. The van der Waals surface area contributed by atoms with E-state index in [2.05, 4.69) is 5.32 Å². The van der Waals surface area contributed by atoms with Crippen molar-refractivity contribution >= 4 is 5.69 Å². The first-order chi connectivity index (χ1) is 10.0. The van der Waals surface area contributed by atoms with Crippen molar-refractivity contribution in [3.63, 3.8) is 0 Å². The minimum Gasteiger partial charge on any atom is -0.381 e. The van der Waals surface area contributed by atoms with Gasteiger partial charge in [-0.3, -0.25) is 0 Å². The van der Waals surface area contributed by atoms with E-state index in [9.17, 15) is 13.2 Å². The highest BCUT2D eigenvalue weighted by Gasteiger charge is 2.31. The van der Waals surface area contributed by atoms with E-state index in [0.29, 0.717) is 5.69 Å². The summed E-state index contributed by atoms with van der Waals surface area (Å²) in [6.07, 6.45) is 3.52. The predicted octanol–water partition coefficient (Wildman–Crippen LogP) is 5.10. The van der Waals surface area contributed by atoms with Crippen LogP contribution in [0.15, 0.2) is 18.2 Å². The van der Waals surface area contributed by atoms with Gasteiger partial charge >= 0.3 is 6.18 Å². The summed E-state index contributed by atoms with van der Waals surface area (Å²) in [5, 5.41) is 12.3. The topological polar surface area (TPSA) is 35.8 Å². The van der Waals surface area contributed by atoms with Crippen LogP contribution < -0.4 is 5.32 Å². The quantitative estimate of drug-likeness (QED) is 0.824. The molecule has 0 saturated heterocycles. The van der Waals surface area contributed by atoms with Crippen LogP contribution in [0.5, 0.6) is 0 Å². The number of hydrogen-bond acceptors (Lipinski definition) is 2. The Hall–Kier alpha value is -1.70. The van der Waals surface area contributed by atoms with Crippen LogP contribution in [0.2, 0.25) is 0 Å². The molecule has 0 radical (unpaired) electrons. The summed E-state index contributed by atoms with van der Waals surface area (Å²) in [6, 6.07) is 5.44. The van der Waals surface area contributed by atoms with E-state index in [1.165, 1.54) is 25.3 Å². The summed E-state index contributed by atoms with van der Waals surface area (Å²) < 4.78 is 38.0. The molecule has 2 nitrogen and oxygen atoms in total. The van der Waals surface area contributed by atoms with Gasteiger partial charge in [0.05, 0.1) is 16.8 Å². The lowest BCUT2D eigenvalue weighted by Crippen LogP contribution is -2.21. The van der Waals surface area contributed by atoms with Gasteiger partial charge in [-0.2, -0.15) is 18.4 Å². The van der Waals surface area contributed by atoms with Gasteiger partial charge in [0.15, 0.2) is 0 Å². The predicted molar refractivity (Wildman–Crippen MR) is 75.9 cm³/mol. The average molecular weight is 296 g/mol. The zero-order chi connectivity index (χ0) is 15.3. The van der Waals surface area contributed by atoms with E-state index in [1.807, 2.05) is 6.07 Å². The number of hydrogen-bond donors (Lipinski definition) is 1. The van der Waals surface area contributed by atoms with Crippen LogP contribution in [0.1, 0.15) is 56.1 Å². The Morgan fingerprint density at radius 2 is 1.67 bits per heavy atom. The molecule has 0 atom stereocenters. The van der Waals surface area contributed by atoms with Crippen LogP contribution in [0.25, 0.3) is 0 Å². The van der Waals surface area contributed by atoms with Crippen LogP contribution >= 0.6 is 0 Å². The molecular weight excluding hydrogens is 277 g/mol. The van der Waals surface area contributed by atoms with E-state index in [-0.39, 0.29) is 11.6 Å². The highest BCUT2D eigenvalue weighted by molar-refractivity contribution is 5.59. The highest BCUT2D eigenvalue weighted by atomic mass is 19.4. The van der Waals surface area contributed by atoms with E-state index >= 15 is 0 Å². The van der Waals surface area contributed by atoms with Crippen LogP contribution in [-0.2, 0) is 6.18 Å². The maximum Gasteiger partial charge on any atom is 0.416 e. The first-order valence-electron chi connectivity index (χ1n) is 7.38. The monoisotopic (exact) mass is 296 g/mol. The Kier molecular flexibility index (Phi) is 5.11. The van der Waals surface area contributed by atoms with Crippen molar-refractivity contribution in [3.05, 3.63) is 29.3 Å². The molecular formula is C16H19F3N2.